The second-order valence-corrected chi connectivity index (χ2v) is 4.29. The average molecular weight is 278 g/mol. The minimum Gasteiger partial charge on any atom is -0.366 e. The van der Waals surface area contributed by atoms with Gasteiger partial charge in [0.2, 0.25) is 5.28 Å². The largest absolute Gasteiger partial charge is 0.366 e. The molecule has 3 rings (SSSR count). The van der Waals surface area contributed by atoms with Gasteiger partial charge in [0.1, 0.15) is 23.7 Å². The van der Waals surface area contributed by atoms with Crippen molar-refractivity contribution >= 4 is 17.4 Å². The molecule has 0 spiro atoms. The fourth-order valence-electron chi connectivity index (χ4n) is 1.72. The van der Waals surface area contributed by atoms with Gasteiger partial charge >= 0.3 is 0 Å². The van der Waals surface area contributed by atoms with Gasteiger partial charge in [-0.2, -0.15) is 4.98 Å². The van der Waals surface area contributed by atoms with Crippen LogP contribution >= 0.6 is 11.6 Å². The van der Waals surface area contributed by atoms with E-state index in [0.717, 1.165) is 5.56 Å². The van der Waals surface area contributed by atoms with Gasteiger partial charge in [0, 0.05) is 6.54 Å². The Morgan fingerprint density at radius 2 is 2.00 bits per heavy atom. The molecule has 0 atom stereocenters. The Morgan fingerprint density at radius 3 is 2.79 bits per heavy atom. The van der Waals surface area contributed by atoms with E-state index in [1.54, 1.807) is 12.1 Å². The van der Waals surface area contributed by atoms with Crippen LogP contribution in [0.5, 0.6) is 0 Å². The van der Waals surface area contributed by atoms with Crippen LogP contribution in [0.1, 0.15) is 5.56 Å². The average Bonchev–Trinajstić information content (AvgIpc) is 2.85. The molecule has 0 bridgehead atoms. The summed E-state index contributed by atoms with van der Waals surface area (Å²) < 4.78 is 12.8. The van der Waals surface area contributed by atoms with Gasteiger partial charge in [0.05, 0.1) is 0 Å². The van der Waals surface area contributed by atoms with Gasteiger partial charge in [-0.1, -0.05) is 12.1 Å². The van der Waals surface area contributed by atoms with Crippen molar-refractivity contribution in [2.45, 2.75) is 6.54 Å². The SMILES string of the molecule is Fc1ccc(CNc2[nH]c(Cl)nc3ncnc2-3)cc1. The first-order chi connectivity index (χ1) is 9.22. The van der Waals surface area contributed by atoms with Gasteiger partial charge in [-0.05, 0) is 29.3 Å². The van der Waals surface area contributed by atoms with Crippen molar-refractivity contribution in [1.82, 2.24) is 19.9 Å². The first-order valence-corrected chi connectivity index (χ1v) is 5.95. The lowest BCUT2D eigenvalue weighted by Crippen LogP contribution is -2.05. The summed E-state index contributed by atoms with van der Waals surface area (Å²) in [6.07, 6.45) is 1.42. The summed E-state index contributed by atoms with van der Waals surface area (Å²) in [5.74, 6) is 0.855. The van der Waals surface area contributed by atoms with E-state index in [1.165, 1.54) is 18.5 Å². The second kappa shape index (κ2) is 4.81. The molecule has 19 heavy (non-hydrogen) atoms. The number of halogens is 2. The number of aromatic amines is 1. The van der Waals surface area contributed by atoms with Crippen LogP contribution in [0, 0.1) is 5.82 Å². The fraction of sp³-hybridized carbons (Fsp3) is 0.0833. The van der Waals surface area contributed by atoms with Crippen molar-refractivity contribution in [1.29, 1.82) is 0 Å². The Bertz CT molecular complexity index is 666. The molecule has 2 aliphatic rings. The zero-order valence-electron chi connectivity index (χ0n) is 9.69. The van der Waals surface area contributed by atoms with Gasteiger partial charge in [-0.25, -0.2) is 14.4 Å². The molecule has 2 heterocycles. The lowest BCUT2D eigenvalue weighted by atomic mass is 10.2. The van der Waals surface area contributed by atoms with Crippen LogP contribution in [0.15, 0.2) is 30.6 Å². The van der Waals surface area contributed by atoms with Gasteiger partial charge in [-0.3, -0.25) is 0 Å². The summed E-state index contributed by atoms with van der Waals surface area (Å²) in [5.41, 5.74) is 1.56. The van der Waals surface area contributed by atoms with Crippen LogP contribution in [-0.2, 0) is 6.54 Å². The van der Waals surface area contributed by atoms with Crippen molar-refractivity contribution in [3.8, 4) is 11.5 Å². The Morgan fingerprint density at radius 1 is 1.21 bits per heavy atom. The molecule has 7 heteroatoms. The third-order valence-electron chi connectivity index (χ3n) is 2.63. The molecule has 0 radical (unpaired) electrons. The third-order valence-corrected chi connectivity index (χ3v) is 2.81. The molecule has 96 valence electrons. The summed E-state index contributed by atoms with van der Waals surface area (Å²) >= 11 is 5.86. The Labute approximate surface area is 113 Å². The van der Waals surface area contributed by atoms with Crippen LogP contribution in [-0.4, -0.2) is 19.9 Å². The lowest BCUT2D eigenvalue weighted by molar-refractivity contribution is 0.627. The van der Waals surface area contributed by atoms with Gasteiger partial charge in [0.15, 0.2) is 5.82 Å². The Balaban J connectivity index is 1.82. The van der Waals surface area contributed by atoms with Crippen molar-refractivity contribution in [3.63, 3.8) is 0 Å². The van der Waals surface area contributed by atoms with Crippen LogP contribution in [0.4, 0.5) is 10.2 Å². The number of nitrogens with zero attached hydrogens (tertiary/aromatic N) is 3. The maximum Gasteiger partial charge on any atom is 0.203 e. The van der Waals surface area contributed by atoms with Crippen LogP contribution in [0.3, 0.4) is 0 Å². The van der Waals surface area contributed by atoms with Crippen molar-refractivity contribution in [2.75, 3.05) is 5.32 Å². The molecular formula is C12H9ClFN5. The number of hydrogen-bond acceptors (Lipinski definition) is 4. The highest BCUT2D eigenvalue weighted by Gasteiger charge is 2.14. The quantitative estimate of drug-likeness (QED) is 0.723. The zero-order valence-corrected chi connectivity index (χ0v) is 10.4. The van der Waals surface area contributed by atoms with Crippen LogP contribution < -0.4 is 5.32 Å². The Hall–Kier alpha value is -2.21. The summed E-state index contributed by atoms with van der Waals surface area (Å²) in [6, 6.07) is 6.24. The molecule has 0 saturated heterocycles. The lowest BCUT2D eigenvalue weighted by Gasteiger charge is -2.09. The highest BCUT2D eigenvalue weighted by Crippen LogP contribution is 2.24. The highest BCUT2D eigenvalue weighted by atomic mass is 35.5. The molecule has 1 aromatic carbocycles. The molecule has 2 N–H and O–H groups in total. The minimum atomic E-state index is -0.258. The summed E-state index contributed by atoms with van der Waals surface area (Å²) in [4.78, 5) is 15.0. The Kier molecular flexibility index (Phi) is 3.00. The van der Waals surface area contributed by atoms with Crippen molar-refractivity contribution < 1.29 is 4.39 Å². The van der Waals surface area contributed by atoms with Crippen LogP contribution in [0.25, 0.3) is 11.5 Å². The minimum absolute atomic E-state index is 0.231. The van der Waals surface area contributed by atoms with E-state index in [2.05, 4.69) is 25.3 Å². The number of fused-ring (bicyclic) bond motifs is 1. The summed E-state index contributed by atoms with van der Waals surface area (Å²) in [5, 5.41) is 3.38. The van der Waals surface area contributed by atoms with E-state index >= 15 is 0 Å². The second-order valence-electron chi connectivity index (χ2n) is 3.93. The smallest absolute Gasteiger partial charge is 0.203 e. The number of nitrogens with one attached hydrogen (secondary N) is 2. The van der Waals surface area contributed by atoms with Crippen molar-refractivity contribution in [2.24, 2.45) is 0 Å². The molecular weight excluding hydrogens is 269 g/mol. The molecule has 0 amide bonds. The molecule has 5 nitrogen and oxygen atoms in total. The zero-order chi connectivity index (χ0) is 13.2. The van der Waals surface area contributed by atoms with E-state index in [1.807, 2.05) is 0 Å². The number of hydrogen-bond donors (Lipinski definition) is 2. The van der Waals surface area contributed by atoms with Gasteiger partial charge < -0.3 is 10.3 Å². The molecule has 0 unspecified atom stereocenters. The normalized spacial score (nSPS) is 10.8. The number of aromatic nitrogens is 4. The molecule has 0 saturated carbocycles. The van der Waals surface area contributed by atoms with Crippen molar-refractivity contribution in [3.05, 3.63) is 47.3 Å². The molecule has 0 aromatic heterocycles. The van der Waals surface area contributed by atoms with E-state index < -0.39 is 0 Å². The van der Waals surface area contributed by atoms with E-state index in [0.29, 0.717) is 23.9 Å². The fourth-order valence-corrected chi connectivity index (χ4v) is 1.90. The maximum atomic E-state index is 12.8. The third kappa shape index (κ3) is 2.48. The van der Waals surface area contributed by atoms with E-state index in [9.17, 15) is 4.39 Å². The van der Waals surface area contributed by atoms with E-state index in [4.69, 9.17) is 11.6 Å². The molecule has 2 aliphatic heterocycles. The first kappa shape index (κ1) is 11.9. The molecule has 1 aromatic rings. The number of anilines is 1. The molecule has 0 fully saturated rings. The predicted octanol–water partition coefficient (Wildman–Crippen LogP) is 2.71. The van der Waals surface area contributed by atoms with E-state index in [-0.39, 0.29) is 11.1 Å². The number of imidazole rings is 1. The van der Waals surface area contributed by atoms with Gasteiger partial charge in [0.25, 0.3) is 0 Å². The first-order valence-electron chi connectivity index (χ1n) is 5.57. The highest BCUT2D eigenvalue weighted by molar-refractivity contribution is 6.28. The topological polar surface area (TPSA) is 66.5 Å². The number of H-pyrrole nitrogens is 1. The van der Waals surface area contributed by atoms with Crippen LogP contribution in [0.2, 0.25) is 5.28 Å². The summed E-state index contributed by atoms with van der Waals surface area (Å²) in [6.45, 7) is 0.513. The molecule has 0 aliphatic carbocycles. The predicted molar refractivity (Wildman–Crippen MR) is 69.5 cm³/mol. The maximum absolute atomic E-state index is 12.8. The number of benzene rings is 1. The summed E-state index contributed by atoms with van der Waals surface area (Å²) in [7, 11) is 0. The number of rotatable bonds is 3. The standard InChI is InChI=1S/C12H9ClFN5/c13-12-18-10(9-11(19-12)17-6-16-9)15-5-7-1-3-8(14)4-2-7/h1-4,6H,5H2,(H2,15,16,17,18,19). The van der Waals surface area contributed by atoms with Gasteiger partial charge in [-0.15, -0.1) is 0 Å². The monoisotopic (exact) mass is 277 g/mol.